The molecule has 142 valence electrons. The van der Waals surface area contributed by atoms with Crippen molar-refractivity contribution >= 4 is 11.9 Å². The van der Waals surface area contributed by atoms with Gasteiger partial charge in [-0.1, -0.05) is 39.3 Å². The van der Waals surface area contributed by atoms with E-state index in [2.05, 4.69) is 26.8 Å². The van der Waals surface area contributed by atoms with Crippen molar-refractivity contribution in [3.8, 4) is 0 Å². The smallest absolute Gasteiger partial charge is 0.426 e. The van der Waals surface area contributed by atoms with E-state index in [1.807, 2.05) is 13.8 Å². The first-order valence-corrected chi connectivity index (χ1v) is 9.88. The van der Waals surface area contributed by atoms with Gasteiger partial charge in [-0.25, -0.2) is 4.79 Å². The standard InChI is InChI=1S/C21H28O5/c1-9-7-20-10(2)6-12-14(19(12,4)5)13(16(20)23)15(22)11(3)17-21(20,8-9)26-18(24)25-17/h7,10-15,17,22H,6,8H2,1-5H3/t10-,11+,12-,13-,14?,15-,17-,20+,21-/m1/s1. The molecule has 1 unspecified atom stereocenters. The lowest BCUT2D eigenvalue weighted by Gasteiger charge is -2.45. The molecule has 5 heteroatoms. The molecule has 5 aliphatic rings. The average Bonchev–Trinajstić information content (AvgIpc) is 2.85. The summed E-state index contributed by atoms with van der Waals surface area (Å²) >= 11 is 0. The molecule has 1 heterocycles. The molecule has 5 nitrogen and oxygen atoms in total. The van der Waals surface area contributed by atoms with Crippen LogP contribution >= 0.6 is 0 Å². The minimum atomic E-state index is -0.999. The van der Waals surface area contributed by atoms with Gasteiger partial charge in [-0.3, -0.25) is 4.79 Å². The summed E-state index contributed by atoms with van der Waals surface area (Å²) in [5.74, 6) is -0.0223. The van der Waals surface area contributed by atoms with Crippen LogP contribution in [0, 0.1) is 40.4 Å². The van der Waals surface area contributed by atoms with Crippen molar-refractivity contribution in [3.05, 3.63) is 11.6 Å². The number of hydrogen-bond acceptors (Lipinski definition) is 5. The van der Waals surface area contributed by atoms with Gasteiger partial charge < -0.3 is 14.6 Å². The molecule has 0 aromatic heterocycles. The van der Waals surface area contributed by atoms with Crippen LogP contribution in [0.3, 0.4) is 0 Å². The zero-order chi connectivity index (χ0) is 18.8. The molecule has 26 heavy (non-hydrogen) atoms. The number of ketones is 1. The molecular formula is C21H28O5. The summed E-state index contributed by atoms with van der Waals surface area (Å²) < 4.78 is 11.5. The number of hydrogen-bond donors (Lipinski definition) is 1. The Morgan fingerprint density at radius 1 is 1.23 bits per heavy atom. The first kappa shape index (κ1) is 16.8. The SMILES string of the molecule is CC1=C[C@@]23C(=O)[C@H](C4[C@@H](C[C@H]2C)C4(C)C)[C@H](O)[C@H](C)[C@H]2OC(=O)O[C@]23C1. The van der Waals surface area contributed by atoms with Gasteiger partial charge in [-0.15, -0.1) is 0 Å². The highest BCUT2D eigenvalue weighted by molar-refractivity contribution is 5.94. The van der Waals surface area contributed by atoms with Gasteiger partial charge in [-0.2, -0.15) is 0 Å². The van der Waals surface area contributed by atoms with Crippen LogP contribution in [-0.2, 0) is 14.3 Å². The van der Waals surface area contributed by atoms with E-state index in [9.17, 15) is 14.7 Å². The molecule has 0 radical (unpaired) electrons. The molecule has 4 fully saturated rings. The van der Waals surface area contributed by atoms with Gasteiger partial charge in [0.05, 0.1) is 11.5 Å². The fourth-order valence-corrected chi connectivity index (χ4v) is 7.45. The summed E-state index contributed by atoms with van der Waals surface area (Å²) in [6.45, 7) is 10.5. The maximum atomic E-state index is 14.1. The Hall–Kier alpha value is -1.36. The molecule has 2 spiro atoms. The van der Waals surface area contributed by atoms with Gasteiger partial charge in [-0.05, 0) is 36.5 Å². The number of aliphatic hydroxyl groups excluding tert-OH is 1. The number of aliphatic hydroxyl groups is 1. The number of carbonyl (C=O) groups is 2. The Kier molecular flexibility index (Phi) is 2.93. The maximum Gasteiger partial charge on any atom is 0.509 e. The van der Waals surface area contributed by atoms with Crippen LogP contribution in [0.25, 0.3) is 0 Å². The van der Waals surface area contributed by atoms with E-state index in [4.69, 9.17) is 9.47 Å². The van der Waals surface area contributed by atoms with Crippen LogP contribution in [0.5, 0.6) is 0 Å². The molecule has 2 bridgehead atoms. The van der Waals surface area contributed by atoms with Crippen molar-refractivity contribution in [1.29, 1.82) is 0 Å². The lowest BCUT2D eigenvalue weighted by atomic mass is 9.59. The predicted octanol–water partition coefficient (Wildman–Crippen LogP) is 3.10. The largest absolute Gasteiger partial charge is 0.509 e. The Morgan fingerprint density at radius 2 is 1.92 bits per heavy atom. The highest BCUT2D eigenvalue weighted by atomic mass is 16.8. The first-order valence-electron chi connectivity index (χ1n) is 9.88. The summed E-state index contributed by atoms with van der Waals surface area (Å²) in [7, 11) is 0. The van der Waals surface area contributed by atoms with E-state index < -0.39 is 35.3 Å². The second-order valence-corrected chi connectivity index (χ2v) is 10.1. The molecule has 1 aliphatic heterocycles. The fraction of sp³-hybridized carbons (Fsp3) is 0.810. The van der Waals surface area contributed by atoms with Crippen molar-refractivity contribution in [2.45, 2.75) is 65.3 Å². The van der Waals surface area contributed by atoms with Crippen molar-refractivity contribution in [2.75, 3.05) is 0 Å². The van der Waals surface area contributed by atoms with Crippen LogP contribution in [0.1, 0.15) is 47.5 Å². The van der Waals surface area contributed by atoms with Gasteiger partial charge in [0.1, 0.15) is 0 Å². The highest BCUT2D eigenvalue weighted by Crippen LogP contribution is 2.73. The van der Waals surface area contributed by atoms with Crippen molar-refractivity contribution in [3.63, 3.8) is 0 Å². The molecule has 0 aromatic rings. The van der Waals surface area contributed by atoms with E-state index in [-0.39, 0.29) is 29.0 Å². The number of fused-ring (bicyclic) bond motifs is 3. The summed E-state index contributed by atoms with van der Waals surface area (Å²) in [4.78, 5) is 26.3. The summed E-state index contributed by atoms with van der Waals surface area (Å²) in [6, 6.07) is 0. The molecule has 5 rings (SSSR count). The van der Waals surface area contributed by atoms with Crippen LogP contribution in [0.4, 0.5) is 4.79 Å². The predicted molar refractivity (Wildman–Crippen MR) is 93.1 cm³/mol. The maximum absolute atomic E-state index is 14.1. The van der Waals surface area contributed by atoms with Crippen molar-refractivity contribution in [1.82, 2.24) is 0 Å². The molecule has 3 saturated carbocycles. The molecule has 4 aliphatic carbocycles. The van der Waals surface area contributed by atoms with Gasteiger partial charge in [0.25, 0.3) is 0 Å². The molecule has 1 saturated heterocycles. The Bertz CT molecular complexity index is 754. The third-order valence-corrected chi connectivity index (χ3v) is 8.67. The second kappa shape index (κ2) is 4.54. The van der Waals surface area contributed by atoms with Gasteiger partial charge in [0.2, 0.25) is 0 Å². The Balaban J connectivity index is 1.78. The van der Waals surface area contributed by atoms with Crippen LogP contribution < -0.4 is 0 Å². The normalized spacial score (nSPS) is 56.2. The van der Waals surface area contributed by atoms with Crippen LogP contribution in [-0.4, -0.2) is 34.9 Å². The lowest BCUT2D eigenvalue weighted by Crippen LogP contribution is -2.59. The van der Waals surface area contributed by atoms with E-state index in [0.717, 1.165) is 12.0 Å². The molecule has 9 atom stereocenters. The fourth-order valence-electron chi connectivity index (χ4n) is 7.45. The zero-order valence-corrected chi connectivity index (χ0v) is 16.1. The van der Waals surface area contributed by atoms with E-state index in [1.165, 1.54) is 0 Å². The molecule has 1 N–H and O–H groups in total. The molecule has 0 amide bonds. The Labute approximate surface area is 154 Å². The summed E-state index contributed by atoms with van der Waals surface area (Å²) in [5, 5.41) is 11.2. The monoisotopic (exact) mass is 360 g/mol. The van der Waals surface area contributed by atoms with E-state index in [0.29, 0.717) is 12.3 Å². The molecular weight excluding hydrogens is 332 g/mol. The highest BCUT2D eigenvalue weighted by Gasteiger charge is 2.79. The summed E-state index contributed by atoms with van der Waals surface area (Å²) in [5.41, 5.74) is -0.738. The third-order valence-electron chi connectivity index (χ3n) is 8.67. The van der Waals surface area contributed by atoms with Crippen LogP contribution in [0.15, 0.2) is 11.6 Å². The second-order valence-electron chi connectivity index (χ2n) is 10.1. The van der Waals surface area contributed by atoms with Crippen molar-refractivity contribution < 1.29 is 24.2 Å². The van der Waals surface area contributed by atoms with E-state index >= 15 is 0 Å². The number of Topliss-reactive ketones (excluding diaryl/α,β-unsaturated/α-hetero) is 1. The summed E-state index contributed by atoms with van der Waals surface area (Å²) in [6.07, 6.45) is 1.39. The van der Waals surface area contributed by atoms with Gasteiger partial charge in [0, 0.05) is 18.3 Å². The average molecular weight is 360 g/mol. The molecule has 0 aromatic carbocycles. The van der Waals surface area contributed by atoms with Gasteiger partial charge >= 0.3 is 6.16 Å². The third kappa shape index (κ3) is 1.55. The number of carbonyl (C=O) groups excluding carboxylic acids is 2. The number of ether oxygens (including phenoxy) is 2. The van der Waals surface area contributed by atoms with Crippen LogP contribution in [0.2, 0.25) is 0 Å². The first-order chi connectivity index (χ1) is 12.1. The quantitative estimate of drug-likeness (QED) is 0.531. The minimum absolute atomic E-state index is 0.0428. The number of rotatable bonds is 0. The lowest BCUT2D eigenvalue weighted by molar-refractivity contribution is -0.149. The zero-order valence-electron chi connectivity index (χ0n) is 16.1. The van der Waals surface area contributed by atoms with Crippen molar-refractivity contribution in [2.24, 2.45) is 40.4 Å². The topological polar surface area (TPSA) is 72.8 Å². The van der Waals surface area contributed by atoms with E-state index in [1.54, 1.807) is 0 Å². The minimum Gasteiger partial charge on any atom is -0.426 e. The van der Waals surface area contributed by atoms with Gasteiger partial charge in [0.15, 0.2) is 17.5 Å². The Morgan fingerprint density at radius 3 is 2.62 bits per heavy atom.